The predicted octanol–water partition coefficient (Wildman–Crippen LogP) is 2.21. The van der Waals surface area contributed by atoms with Crippen molar-refractivity contribution in [3.05, 3.63) is 47.7 Å². The monoisotopic (exact) mass is 337 g/mol. The van der Waals surface area contributed by atoms with Gasteiger partial charge in [0.15, 0.2) is 0 Å². The van der Waals surface area contributed by atoms with E-state index in [4.69, 9.17) is 9.72 Å². The van der Waals surface area contributed by atoms with E-state index >= 15 is 0 Å². The number of rotatable bonds is 6. The highest BCUT2D eigenvalue weighted by Gasteiger charge is 2.27. The van der Waals surface area contributed by atoms with Crippen molar-refractivity contribution in [3.8, 4) is 5.75 Å². The number of aromatic nitrogens is 4. The summed E-state index contributed by atoms with van der Waals surface area (Å²) < 4.78 is 5.30. The number of aromatic amines is 1. The van der Waals surface area contributed by atoms with E-state index in [2.05, 4.69) is 20.5 Å². The molecule has 0 spiro atoms. The van der Waals surface area contributed by atoms with E-state index in [1.165, 1.54) is 6.33 Å². The summed E-state index contributed by atoms with van der Waals surface area (Å²) in [5.41, 5.74) is 2.46. The number of methoxy groups -OCH3 is 1. The zero-order valence-corrected chi connectivity index (χ0v) is 14.0. The molecule has 25 heavy (non-hydrogen) atoms. The van der Waals surface area contributed by atoms with Gasteiger partial charge in [-0.3, -0.25) is 14.9 Å². The molecule has 1 fully saturated rings. The number of H-pyrrole nitrogens is 1. The highest BCUT2D eigenvalue weighted by Crippen LogP contribution is 2.40. The second kappa shape index (κ2) is 6.51. The number of fused-ring (bicyclic) bond motifs is 1. The molecule has 2 aromatic heterocycles. The average Bonchev–Trinajstić information content (AvgIpc) is 3.37. The van der Waals surface area contributed by atoms with Gasteiger partial charge in [-0.25, -0.2) is 4.98 Å². The van der Waals surface area contributed by atoms with E-state index in [9.17, 15) is 4.79 Å². The first-order valence-electron chi connectivity index (χ1n) is 8.35. The standard InChI is InChI=1S/C18H19N5O2/c1-25-12-4-5-15-13(8-12)14(9-16(22-15)11-2-3-11)18(24)19-7-6-17-20-10-21-23-17/h4-5,8-11H,2-3,6-7H2,1H3,(H,19,24)(H,20,21,23). The van der Waals surface area contributed by atoms with E-state index in [-0.39, 0.29) is 5.91 Å². The lowest BCUT2D eigenvalue weighted by Gasteiger charge is -2.11. The van der Waals surface area contributed by atoms with Gasteiger partial charge in [-0.2, -0.15) is 5.10 Å². The Bertz CT molecular complexity index is 903. The summed E-state index contributed by atoms with van der Waals surface area (Å²) in [6.45, 7) is 0.487. The zero-order valence-electron chi connectivity index (χ0n) is 14.0. The highest BCUT2D eigenvalue weighted by molar-refractivity contribution is 6.06. The van der Waals surface area contributed by atoms with E-state index in [0.717, 1.165) is 35.3 Å². The second-order valence-corrected chi connectivity index (χ2v) is 6.19. The molecule has 7 nitrogen and oxygen atoms in total. The Hall–Kier alpha value is -2.96. The molecule has 2 N–H and O–H groups in total. The summed E-state index contributed by atoms with van der Waals surface area (Å²) in [6.07, 6.45) is 4.34. The van der Waals surface area contributed by atoms with Gasteiger partial charge in [0.25, 0.3) is 5.91 Å². The molecule has 0 unspecified atom stereocenters. The van der Waals surface area contributed by atoms with E-state index in [0.29, 0.717) is 30.2 Å². The minimum Gasteiger partial charge on any atom is -0.497 e. The Labute approximate surface area is 144 Å². The third-order valence-corrected chi connectivity index (χ3v) is 4.39. The Morgan fingerprint density at radius 1 is 1.36 bits per heavy atom. The number of ether oxygens (including phenoxy) is 1. The predicted molar refractivity (Wildman–Crippen MR) is 92.7 cm³/mol. The van der Waals surface area contributed by atoms with Crippen LogP contribution in [0.1, 0.15) is 40.6 Å². The Morgan fingerprint density at radius 3 is 2.96 bits per heavy atom. The maximum absolute atomic E-state index is 12.8. The minimum absolute atomic E-state index is 0.109. The maximum atomic E-state index is 12.8. The van der Waals surface area contributed by atoms with Crippen LogP contribution < -0.4 is 10.1 Å². The summed E-state index contributed by atoms with van der Waals surface area (Å²) >= 11 is 0. The molecule has 1 amide bonds. The fraction of sp³-hybridized carbons (Fsp3) is 0.333. The molecule has 0 radical (unpaired) electrons. The van der Waals surface area contributed by atoms with Crippen LogP contribution in [0.15, 0.2) is 30.6 Å². The van der Waals surface area contributed by atoms with Gasteiger partial charge in [0.1, 0.15) is 17.9 Å². The molecule has 2 heterocycles. The van der Waals surface area contributed by atoms with Crippen LogP contribution in [0, 0.1) is 0 Å². The molecule has 0 bridgehead atoms. The van der Waals surface area contributed by atoms with Gasteiger partial charge in [0.2, 0.25) is 0 Å². The van der Waals surface area contributed by atoms with Crippen molar-refractivity contribution < 1.29 is 9.53 Å². The summed E-state index contributed by atoms with van der Waals surface area (Å²) in [7, 11) is 1.62. The largest absolute Gasteiger partial charge is 0.497 e. The van der Waals surface area contributed by atoms with E-state index < -0.39 is 0 Å². The first-order valence-corrected chi connectivity index (χ1v) is 8.35. The van der Waals surface area contributed by atoms with Crippen LogP contribution in [0.2, 0.25) is 0 Å². The van der Waals surface area contributed by atoms with Crippen LogP contribution in [0.3, 0.4) is 0 Å². The minimum atomic E-state index is -0.109. The molecular formula is C18H19N5O2. The molecule has 1 aromatic carbocycles. The van der Waals surface area contributed by atoms with Crippen molar-refractivity contribution in [1.82, 2.24) is 25.5 Å². The topological polar surface area (TPSA) is 92.8 Å². The van der Waals surface area contributed by atoms with Gasteiger partial charge in [-0.1, -0.05) is 0 Å². The highest BCUT2D eigenvalue weighted by atomic mass is 16.5. The molecule has 128 valence electrons. The number of nitrogens with one attached hydrogen (secondary N) is 2. The Kier molecular flexibility index (Phi) is 4.05. The van der Waals surface area contributed by atoms with Crippen LogP contribution in [-0.2, 0) is 6.42 Å². The Balaban J connectivity index is 1.62. The first-order chi connectivity index (χ1) is 12.2. The lowest BCUT2D eigenvalue weighted by molar-refractivity contribution is 0.0955. The molecule has 1 saturated carbocycles. The van der Waals surface area contributed by atoms with Crippen LogP contribution in [0.4, 0.5) is 0 Å². The number of hydrogen-bond acceptors (Lipinski definition) is 5. The first kappa shape index (κ1) is 15.6. The van der Waals surface area contributed by atoms with Crippen molar-refractivity contribution in [3.63, 3.8) is 0 Å². The number of carbonyl (C=O) groups is 1. The summed E-state index contributed by atoms with van der Waals surface area (Å²) in [6, 6.07) is 7.57. The molecule has 7 heteroatoms. The summed E-state index contributed by atoms with van der Waals surface area (Å²) in [4.78, 5) is 21.5. The molecule has 1 aliphatic carbocycles. The average molecular weight is 337 g/mol. The van der Waals surface area contributed by atoms with Crippen molar-refractivity contribution in [2.45, 2.75) is 25.2 Å². The number of nitrogens with zero attached hydrogens (tertiary/aromatic N) is 3. The van der Waals surface area contributed by atoms with Crippen molar-refractivity contribution in [1.29, 1.82) is 0 Å². The van der Waals surface area contributed by atoms with Gasteiger partial charge in [-0.05, 0) is 37.1 Å². The van der Waals surface area contributed by atoms with Gasteiger partial charge in [0.05, 0.1) is 18.2 Å². The number of amides is 1. The van der Waals surface area contributed by atoms with Crippen LogP contribution >= 0.6 is 0 Å². The van der Waals surface area contributed by atoms with Crippen molar-refractivity contribution >= 4 is 16.8 Å². The van der Waals surface area contributed by atoms with Gasteiger partial charge < -0.3 is 10.1 Å². The molecule has 0 aliphatic heterocycles. The quantitative estimate of drug-likeness (QED) is 0.719. The number of hydrogen-bond donors (Lipinski definition) is 2. The van der Waals surface area contributed by atoms with E-state index in [1.807, 2.05) is 24.3 Å². The van der Waals surface area contributed by atoms with Gasteiger partial charge in [0, 0.05) is 30.0 Å². The Morgan fingerprint density at radius 2 is 2.24 bits per heavy atom. The fourth-order valence-electron chi connectivity index (χ4n) is 2.87. The third-order valence-electron chi connectivity index (χ3n) is 4.39. The molecule has 3 aromatic rings. The van der Waals surface area contributed by atoms with Crippen molar-refractivity contribution in [2.24, 2.45) is 0 Å². The molecule has 4 rings (SSSR count). The SMILES string of the molecule is COc1ccc2nc(C3CC3)cc(C(=O)NCCc3ncn[nH]3)c2c1. The molecule has 0 saturated heterocycles. The smallest absolute Gasteiger partial charge is 0.252 e. The van der Waals surface area contributed by atoms with Gasteiger partial charge in [-0.15, -0.1) is 0 Å². The third kappa shape index (κ3) is 3.31. The summed E-state index contributed by atoms with van der Waals surface area (Å²) in [5, 5.41) is 10.4. The van der Waals surface area contributed by atoms with Crippen molar-refractivity contribution in [2.75, 3.05) is 13.7 Å². The number of carbonyl (C=O) groups excluding carboxylic acids is 1. The number of pyridine rings is 1. The second-order valence-electron chi connectivity index (χ2n) is 6.19. The fourth-order valence-corrected chi connectivity index (χ4v) is 2.87. The van der Waals surface area contributed by atoms with E-state index in [1.54, 1.807) is 7.11 Å². The van der Waals surface area contributed by atoms with Crippen LogP contribution in [0.25, 0.3) is 10.9 Å². The van der Waals surface area contributed by atoms with Gasteiger partial charge >= 0.3 is 0 Å². The van der Waals surface area contributed by atoms with Crippen LogP contribution in [0.5, 0.6) is 5.75 Å². The molecular weight excluding hydrogens is 318 g/mol. The summed E-state index contributed by atoms with van der Waals surface area (Å²) in [5.74, 6) is 1.83. The zero-order chi connectivity index (χ0) is 17.2. The molecule has 0 atom stereocenters. The van der Waals surface area contributed by atoms with Crippen LogP contribution in [-0.4, -0.2) is 39.7 Å². The normalized spacial score (nSPS) is 13.8. The number of benzene rings is 1. The lowest BCUT2D eigenvalue weighted by atomic mass is 10.0. The maximum Gasteiger partial charge on any atom is 0.252 e. The lowest BCUT2D eigenvalue weighted by Crippen LogP contribution is -2.26. The molecule has 1 aliphatic rings.